The Morgan fingerprint density at radius 3 is 1.98 bits per heavy atom. The zero-order chi connectivity index (χ0) is 29.2. The molecule has 10 heteroatoms. The van der Waals surface area contributed by atoms with Crippen LogP contribution in [0.1, 0.15) is 46.0 Å². The number of sulfonamides is 1. The maximum absolute atomic E-state index is 13.8. The van der Waals surface area contributed by atoms with Gasteiger partial charge in [-0.1, -0.05) is 72.8 Å². The van der Waals surface area contributed by atoms with Crippen molar-refractivity contribution < 1.29 is 30.4 Å². The van der Waals surface area contributed by atoms with Crippen molar-refractivity contribution in [3.05, 3.63) is 136 Å². The molecular formula is C30H27F5N2O2S. The molecule has 0 spiro atoms. The molecule has 0 bridgehead atoms. The van der Waals surface area contributed by atoms with E-state index in [1.54, 1.807) is 49.4 Å². The van der Waals surface area contributed by atoms with Gasteiger partial charge >= 0.3 is 6.18 Å². The van der Waals surface area contributed by atoms with Crippen molar-refractivity contribution in [1.82, 2.24) is 9.71 Å². The first-order chi connectivity index (χ1) is 18.7. The second-order valence-electron chi connectivity index (χ2n) is 9.81. The summed E-state index contributed by atoms with van der Waals surface area (Å²) in [6.07, 6.45) is -3.21. The van der Waals surface area contributed by atoms with Crippen LogP contribution in [0.5, 0.6) is 0 Å². The first-order valence-electron chi connectivity index (χ1n) is 12.3. The summed E-state index contributed by atoms with van der Waals surface area (Å²) in [6.45, 7) is 2.52. The smallest absolute Gasteiger partial charge is 0.259 e. The molecular weight excluding hydrogens is 547 g/mol. The third-order valence-corrected chi connectivity index (χ3v) is 7.86. The molecule has 0 amide bonds. The van der Waals surface area contributed by atoms with E-state index in [0.29, 0.717) is 5.56 Å². The van der Waals surface area contributed by atoms with Crippen molar-refractivity contribution in [3.63, 3.8) is 0 Å². The Labute approximate surface area is 230 Å². The van der Waals surface area contributed by atoms with Gasteiger partial charge in [0.1, 0.15) is 5.54 Å². The highest BCUT2D eigenvalue weighted by molar-refractivity contribution is 7.88. The number of nitrogens with one attached hydrogen (secondary N) is 1. The molecule has 4 nitrogen and oxygen atoms in total. The molecule has 1 N–H and O–H groups in total. The summed E-state index contributed by atoms with van der Waals surface area (Å²) in [5.74, 6) is -3.69. The molecule has 0 aliphatic rings. The second kappa shape index (κ2) is 11.1. The third-order valence-electron chi connectivity index (χ3n) is 6.49. The van der Waals surface area contributed by atoms with Gasteiger partial charge in [0.2, 0.25) is 10.0 Å². The highest BCUT2D eigenvalue weighted by Gasteiger charge is 2.42. The molecule has 0 saturated carbocycles. The van der Waals surface area contributed by atoms with Gasteiger partial charge in [0.25, 0.3) is 5.92 Å². The Hall–Kier alpha value is -3.63. The Balaban J connectivity index is 1.87. The van der Waals surface area contributed by atoms with Crippen LogP contribution in [0.4, 0.5) is 22.0 Å². The van der Waals surface area contributed by atoms with Gasteiger partial charge in [0.05, 0.1) is 17.0 Å². The van der Waals surface area contributed by atoms with E-state index in [0.717, 1.165) is 36.8 Å². The molecule has 1 unspecified atom stereocenters. The number of hydrogen-bond acceptors (Lipinski definition) is 3. The van der Waals surface area contributed by atoms with Crippen LogP contribution in [-0.4, -0.2) is 13.4 Å². The number of aromatic nitrogens is 1. The number of rotatable bonds is 9. The summed E-state index contributed by atoms with van der Waals surface area (Å²) >= 11 is 0. The first-order valence-corrected chi connectivity index (χ1v) is 14.0. The van der Waals surface area contributed by atoms with Gasteiger partial charge < -0.3 is 0 Å². The van der Waals surface area contributed by atoms with E-state index in [1.807, 2.05) is 0 Å². The minimum Gasteiger partial charge on any atom is -0.259 e. The lowest BCUT2D eigenvalue weighted by atomic mass is 9.81. The third kappa shape index (κ3) is 6.92. The van der Waals surface area contributed by atoms with E-state index in [2.05, 4.69) is 9.71 Å². The van der Waals surface area contributed by atoms with Gasteiger partial charge in [-0.25, -0.2) is 17.2 Å². The standard InChI is InChI=1S/C30H27F5N2O2S/c1-21-11-16-27(36-19-21)29(18-22-7-4-3-5-8-22,25-9-6-10-26(17-25)30(33,34)35)37-40(38,39)20-23-12-14-24(15-13-23)28(2,31)32/h3-17,19,37H,18,20H2,1-2H3. The summed E-state index contributed by atoms with van der Waals surface area (Å²) in [7, 11) is -4.27. The maximum Gasteiger partial charge on any atom is 0.416 e. The van der Waals surface area contributed by atoms with Crippen LogP contribution in [0, 0.1) is 6.92 Å². The quantitative estimate of drug-likeness (QED) is 0.217. The SMILES string of the molecule is Cc1ccc(C(Cc2ccccc2)(NS(=O)(=O)Cc2ccc(C(C)(F)F)cc2)c2cccc(C(F)(F)F)c2)nc1. The van der Waals surface area contributed by atoms with Crippen LogP contribution in [-0.2, 0) is 39.8 Å². The van der Waals surface area contributed by atoms with Gasteiger partial charge in [-0.05, 0) is 47.4 Å². The molecule has 1 heterocycles. The van der Waals surface area contributed by atoms with Crippen molar-refractivity contribution >= 4 is 10.0 Å². The van der Waals surface area contributed by atoms with Crippen LogP contribution < -0.4 is 4.72 Å². The maximum atomic E-state index is 13.8. The van der Waals surface area contributed by atoms with Crippen LogP contribution in [0.2, 0.25) is 0 Å². The molecule has 0 aliphatic heterocycles. The monoisotopic (exact) mass is 574 g/mol. The number of alkyl halides is 5. The predicted molar refractivity (Wildman–Crippen MR) is 143 cm³/mol. The van der Waals surface area contributed by atoms with Crippen LogP contribution in [0.15, 0.2) is 97.2 Å². The Bertz CT molecular complexity index is 1550. The summed E-state index contributed by atoms with van der Waals surface area (Å²) < 4.78 is 98.7. The summed E-state index contributed by atoms with van der Waals surface area (Å²) in [6, 6.07) is 21.4. The Kier molecular flexibility index (Phi) is 8.14. The lowest BCUT2D eigenvalue weighted by Crippen LogP contribution is -2.49. The average Bonchev–Trinajstić information content (AvgIpc) is 2.88. The molecule has 1 aromatic heterocycles. The highest BCUT2D eigenvalue weighted by atomic mass is 32.2. The summed E-state index contributed by atoms with van der Waals surface area (Å²) in [4.78, 5) is 4.45. The number of hydrogen-bond donors (Lipinski definition) is 1. The number of nitrogens with zero attached hydrogens (tertiary/aromatic N) is 1. The van der Waals surface area contributed by atoms with Crippen molar-refractivity contribution in [1.29, 1.82) is 0 Å². The molecule has 0 fully saturated rings. The second-order valence-corrected chi connectivity index (χ2v) is 11.5. The van der Waals surface area contributed by atoms with E-state index in [9.17, 15) is 30.4 Å². The fourth-order valence-electron chi connectivity index (χ4n) is 4.49. The van der Waals surface area contributed by atoms with E-state index < -0.39 is 39.0 Å². The molecule has 4 aromatic rings. The number of pyridine rings is 1. The van der Waals surface area contributed by atoms with E-state index in [1.165, 1.54) is 30.5 Å². The van der Waals surface area contributed by atoms with Crippen molar-refractivity contribution in [2.24, 2.45) is 0 Å². The Morgan fingerprint density at radius 2 is 1.40 bits per heavy atom. The highest BCUT2D eigenvalue weighted by Crippen LogP contribution is 2.38. The van der Waals surface area contributed by atoms with Gasteiger partial charge in [0, 0.05) is 25.1 Å². The van der Waals surface area contributed by atoms with E-state index in [4.69, 9.17) is 0 Å². The van der Waals surface area contributed by atoms with Gasteiger partial charge in [0.15, 0.2) is 0 Å². The lowest BCUT2D eigenvalue weighted by molar-refractivity contribution is -0.137. The first kappa shape index (κ1) is 29.4. The van der Waals surface area contributed by atoms with Gasteiger partial charge in [-0.3, -0.25) is 4.98 Å². The summed E-state index contributed by atoms with van der Waals surface area (Å²) in [5.41, 5.74) is -1.03. The molecule has 0 aliphatic carbocycles. The average molecular weight is 575 g/mol. The minimum absolute atomic E-state index is 0.0482. The molecule has 1 atom stereocenters. The van der Waals surface area contributed by atoms with Crippen LogP contribution in [0.3, 0.4) is 0 Å². The predicted octanol–water partition coefficient (Wildman–Crippen LogP) is 7.13. The van der Waals surface area contributed by atoms with Crippen LogP contribution >= 0.6 is 0 Å². The topological polar surface area (TPSA) is 59.1 Å². The van der Waals surface area contributed by atoms with Crippen molar-refractivity contribution in [2.75, 3.05) is 0 Å². The van der Waals surface area contributed by atoms with Crippen LogP contribution in [0.25, 0.3) is 0 Å². The summed E-state index contributed by atoms with van der Waals surface area (Å²) in [5, 5.41) is 0. The molecule has 210 valence electrons. The largest absolute Gasteiger partial charge is 0.416 e. The Morgan fingerprint density at radius 1 is 0.750 bits per heavy atom. The number of aryl methyl sites for hydroxylation is 1. The molecule has 0 saturated heterocycles. The zero-order valence-electron chi connectivity index (χ0n) is 21.7. The fourth-order valence-corrected chi connectivity index (χ4v) is 6.01. The van der Waals surface area contributed by atoms with Gasteiger partial charge in [-0.15, -0.1) is 0 Å². The van der Waals surface area contributed by atoms with E-state index >= 15 is 0 Å². The molecule has 3 aromatic carbocycles. The van der Waals surface area contributed by atoms with E-state index in [-0.39, 0.29) is 28.8 Å². The number of halogens is 5. The molecule has 4 rings (SSSR count). The van der Waals surface area contributed by atoms with Crippen molar-refractivity contribution in [2.45, 2.75) is 43.7 Å². The minimum atomic E-state index is -4.67. The molecule has 0 radical (unpaired) electrons. The van der Waals surface area contributed by atoms with Gasteiger partial charge in [-0.2, -0.15) is 17.9 Å². The van der Waals surface area contributed by atoms with Crippen molar-refractivity contribution in [3.8, 4) is 0 Å². The molecule has 40 heavy (non-hydrogen) atoms. The zero-order valence-corrected chi connectivity index (χ0v) is 22.5. The normalized spacial score (nSPS) is 14.1. The number of benzene rings is 3. The lowest BCUT2D eigenvalue weighted by Gasteiger charge is -2.35. The fraction of sp³-hybridized carbons (Fsp3) is 0.233.